The molecule has 2 aliphatic carbocycles. The third kappa shape index (κ3) is 4.90. The van der Waals surface area contributed by atoms with Gasteiger partial charge in [-0.25, -0.2) is 4.39 Å². The van der Waals surface area contributed by atoms with Gasteiger partial charge in [0.2, 0.25) is 0 Å². The van der Waals surface area contributed by atoms with Crippen LogP contribution in [-0.2, 0) is 0 Å². The van der Waals surface area contributed by atoms with Crippen molar-refractivity contribution in [2.24, 2.45) is 11.8 Å². The van der Waals surface area contributed by atoms with Gasteiger partial charge in [0.15, 0.2) is 0 Å². The van der Waals surface area contributed by atoms with E-state index in [1.165, 1.54) is 6.07 Å². The molecule has 0 aromatic heterocycles. The highest BCUT2D eigenvalue weighted by atomic mass is 35.5. The Morgan fingerprint density at radius 1 is 1.03 bits per heavy atom. The monoisotopic (exact) mass is 536 g/mol. The maximum absolute atomic E-state index is 14.6. The second-order valence-electron chi connectivity index (χ2n) is 8.86. The second-order valence-corrected chi connectivity index (χ2v) is 11.1. The SMILES string of the molecule is C=C(NC1C=CC=CC1C)c1cc(NC(=C)C2C(c3cc(Cl)c(C)c(Cl)c3)C2(Cl)Cl)ccc1F. The van der Waals surface area contributed by atoms with Gasteiger partial charge in [-0.15, -0.1) is 23.2 Å². The molecule has 0 heterocycles. The molecular formula is C27H25Cl4FN2. The first kappa shape index (κ1) is 25.2. The molecule has 0 saturated heterocycles. The molecule has 0 spiro atoms. The van der Waals surface area contributed by atoms with Crippen molar-refractivity contribution in [3.8, 4) is 0 Å². The van der Waals surface area contributed by atoms with E-state index in [1.807, 2.05) is 37.3 Å². The van der Waals surface area contributed by atoms with Gasteiger partial charge in [0.1, 0.15) is 10.2 Å². The first-order valence-corrected chi connectivity index (χ1v) is 12.4. The number of alkyl halides is 2. The number of nitrogens with one attached hydrogen (secondary N) is 2. The van der Waals surface area contributed by atoms with Gasteiger partial charge in [0, 0.05) is 44.5 Å². The molecule has 0 aliphatic heterocycles. The maximum atomic E-state index is 14.6. The Hall–Kier alpha value is -1.91. The van der Waals surface area contributed by atoms with Gasteiger partial charge in [-0.1, -0.05) is 67.6 Å². The van der Waals surface area contributed by atoms with Gasteiger partial charge < -0.3 is 10.6 Å². The van der Waals surface area contributed by atoms with Crippen molar-refractivity contribution in [3.63, 3.8) is 0 Å². The van der Waals surface area contributed by atoms with E-state index in [1.54, 1.807) is 12.1 Å². The molecule has 1 saturated carbocycles. The Bertz CT molecular complexity index is 1190. The van der Waals surface area contributed by atoms with Crippen molar-refractivity contribution in [1.29, 1.82) is 0 Å². The number of allylic oxidation sites excluding steroid dienone is 3. The number of halogens is 5. The molecule has 178 valence electrons. The molecule has 7 heteroatoms. The standard InChI is InChI=1S/C27H25Cl4FN2/c1-14-7-5-6-8-24(14)34-16(3)20-13-19(9-10-23(20)32)33-17(4)25-26(27(25,30)31)18-11-21(28)15(2)22(29)12-18/h5-14,24-26,33-34H,3-4H2,1-2H3. The average molecular weight is 538 g/mol. The average Bonchev–Trinajstić information content (AvgIpc) is 3.36. The summed E-state index contributed by atoms with van der Waals surface area (Å²) in [5.74, 6) is -0.605. The molecule has 4 rings (SSSR count). The van der Waals surface area contributed by atoms with E-state index < -0.39 is 4.33 Å². The summed E-state index contributed by atoms with van der Waals surface area (Å²) >= 11 is 25.9. The fourth-order valence-corrected chi connectivity index (χ4v) is 5.69. The summed E-state index contributed by atoms with van der Waals surface area (Å²) in [6, 6.07) is 8.45. The van der Waals surface area contributed by atoms with E-state index in [0.29, 0.717) is 32.7 Å². The maximum Gasteiger partial charge on any atom is 0.134 e. The molecule has 2 aromatic rings. The summed E-state index contributed by atoms with van der Waals surface area (Å²) in [4.78, 5) is 0. The van der Waals surface area contributed by atoms with Crippen LogP contribution in [0.25, 0.3) is 5.70 Å². The van der Waals surface area contributed by atoms with Gasteiger partial charge in [-0.05, 0) is 54.3 Å². The fourth-order valence-electron chi connectivity index (χ4n) is 4.29. The number of rotatable bonds is 7. The minimum atomic E-state index is -1.06. The Morgan fingerprint density at radius 2 is 1.68 bits per heavy atom. The van der Waals surface area contributed by atoms with Crippen molar-refractivity contribution in [2.45, 2.75) is 30.1 Å². The summed E-state index contributed by atoms with van der Waals surface area (Å²) in [5.41, 5.74) is 3.80. The summed E-state index contributed by atoms with van der Waals surface area (Å²) in [6.07, 6.45) is 8.09. The lowest BCUT2D eigenvalue weighted by atomic mass is 9.96. The van der Waals surface area contributed by atoms with Crippen molar-refractivity contribution in [2.75, 3.05) is 5.32 Å². The van der Waals surface area contributed by atoms with Crippen LogP contribution in [0.5, 0.6) is 0 Å². The Morgan fingerprint density at radius 3 is 2.32 bits per heavy atom. The normalized spacial score (nSPS) is 24.6. The smallest absolute Gasteiger partial charge is 0.134 e. The van der Waals surface area contributed by atoms with Gasteiger partial charge in [0.05, 0.1) is 6.04 Å². The minimum Gasteiger partial charge on any atom is -0.378 e. The predicted molar refractivity (Wildman–Crippen MR) is 144 cm³/mol. The van der Waals surface area contributed by atoms with Gasteiger partial charge >= 0.3 is 0 Å². The summed E-state index contributed by atoms with van der Waals surface area (Å²) < 4.78 is 13.6. The molecule has 1 fully saturated rings. The van der Waals surface area contributed by atoms with Crippen LogP contribution in [0, 0.1) is 24.6 Å². The van der Waals surface area contributed by atoms with Crippen molar-refractivity contribution in [3.05, 3.63) is 106 Å². The molecular weight excluding hydrogens is 513 g/mol. The Balaban J connectivity index is 1.50. The first-order valence-electron chi connectivity index (χ1n) is 10.9. The second kappa shape index (κ2) is 9.62. The van der Waals surface area contributed by atoms with E-state index >= 15 is 0 Å². The van der Waals surface area contributed by atoms with Gasteiger partial charge in [0.25, 0.3) is 0 Å². The summed E-state index contributed by atoms with van der Waals surface area (Å²) in [5, 5.41) is 7.67. The van der Waals surface area contributed by atoms with Crippen LogP contribution in [0.15, 0.2) is 73.5 Å². The van der Waals surface area contributed by atoms with Crippen LogP contribution >= 0.6 is 46.4 Å². The Labute approximate surface area is 220 Å². The topological polar surface area (TPSA) is 24.1 Å². The zero-order valence-electron chi connectivity index (χ0n) is 18.8. The third-order valence-corrected chi connectivity index (χ3v) is 8.16. The molecule has 4 unspecified atom stereocenters. The molecule has 2 nitrogen and oxygen atoms in total. The summed E-state index contributed by atoms with van der Waals surface area (Å²) in [6.45, 7) is 12.1. The molecule has 2 aliphatic rings. The van der Waals surface area contributed by atoms with Crippen LogP contribution < -0.4 is 10.6 Å². The zero-order valence-corrected chi connectivity index (χ0v) is 21.8. The highest BCUT2D eigenvalue weighted by Crippen LogP contribution is 2.67. The minimum absolute atomic E-state index is 0.0389. The molecule has 2 aromatic carbocycles. The third-order valence-electron chi connectivity index (χ3n) is 6.44. The number of hydrogen-bond donors (Lipinski definition) is 2. The van der Waals surface area contributed by atoms with Gasteiger partial charge in [-0.2, -0.15) is 0 Å². The van der Waals surface area contributed by atoms with Crippen LogP contribution in [0.2, 0.25) is 10.0 Å². The lowest BCUT2D eigenvalue weighted by Gasteiger charge is -2.24. The zero-order chi connectivity index (χ0) is 24.8. The van der Waals surface area contributed by atoms with Gasteiger partial charge in [-0.3, -0.25) is 0 Å². The number of hydrogen-bond acceptors (Lipinski definition) is 2. The number of anilines is 1. The van der Waals surface area contributed by atoms with E-state index in [2.05, 4.69) is 36.8 Å². The molecule has 0 bridgehead atoms. The lowest BCUT2D eigenvalue weighted by Crippen LogP contribution is -2.32. The van der Waals surface area contributed by atoms with E-state index in [0.717, 1.165) is 11.1 Å². The lowest BCUT2D eigenvalue weighted by molar-refractivity contribution is 0.562. The van der Waals surface area contributed by atoms with E-state index in [-0.39, 0.29) is 29.6 Å². The Kier molecular flexibility index (Phi) is 7.13. The van der Waals surface area contributed by atoms with Crippen molar-refractivity contribution in [1.82, 2.24) is 5.32 Å². The van der Waals surface area contributed by atoms with Crippen LogP contribution in [0.1, 0.15) is 29.5 Å². The molecule has 34 heavy (non-hydrogen) atoms. The first-order chi connectivity index (χ1) is 16.0. The highest BCUT2D eigenvalue weighted by molar-refractivity contribution is 6.52. The molecule has 0 amide bonds. The van der Waals surface area contributed by atoms with E-state index in [4.69, 9.17) is 46.4 Å². The molecule has 2 N–H and O–H groups in total. The fraction of sp³-hybridized carbons (Fsp3) is 0.259. The molecule has 0 radical (unpaired) electrons. The molecule has 4 atom stereocenters. The van der Waals surface area contributed by atoms with Crippen LogP contribution in [-0.4, -0.2) is 10.4 Å². The predicted octanol–water partition coefficient (Wildman–Crippen LogP) is 8.65. The van der Waals surface area contributed by atoms with Crippen molar-refractivity contribution >= 4 is 57.8 Å². The summed E-state index contributed by atoms with van der Waals surface area (Å²) in [7, 11) is 0. The quantitative estimate of drug-likeness (QED) is 0.345. The van der Waals surface area contributed by atoms with Crippen molar-refractivity contribution < 1.29 is 4.39 Å². The largest absolute Gasteiger partial charge is 0.378 e. The van der Waals surface area contributed by atoms with Crippen LogP contribution in [0.3, 0.4) is 0 Å². The van der Waals surface area contributed by atoms with Crippen LogP contribution in [0.4, 0.5) is 10.1 Å². The highest BCUT2D eigenvalue weighted by Gasteiger charge is 2.65. The number of benzene rings is 2. The van der Waals surface area contributed by atoms with E-state index in [9.17, 15) is 4.39 Å².